The van der Waals surface area contributed by atoms with Gasteiger partial charge in [0.15, 0.2) is 0 Å². The molecule has 0 aliphatic heterocycles. The van der Waals surface area contributed by atoms with Gasteiger partial charge in [0, 0.05) is 12.6 Å². The summed E-state index contributed by atoms with van der Waals surface area (Å²) in [4.78, 5) is 14.9. The van der Waals surface area contributed by atoms with Crippen LogP contribution < -0.4 is 0 Å². The lowest BCUT2D eigenvalue weighted by molar-refractivity contribution is 0.112. The minimum absolute atomic E-state index is 0.695. The summed E-state index contributed by atoms with van der Waals surface area (Å²) < 4.78 is 2.00. The third-order valence-corrected chi connectivity index (χ3v) is 3.11. The standard InChI is InChI=1S/C15H12N2O/c1-17-10-16-14-7-6-13(8-15(14)17)12-4-2-11(9-18)3-5-12/h2-10H,1H3. The number of carbonyl (C=O) groups is 1. The Bertz CT molecular complexity index is 711. The summed E-state index contributed by atoms with van der Waals surface area (Å²) in [6, 6.07) is 13.7. The van der Waals surface area contributed by atoms with E-state index >= 15 is 0 Å². The first-order chi connectivity index (χ1) is 8.78. The largest absolute Gasteiger partial charge is 0.334 e. The summed E-state index contributed by atoms with van der Waals surface area (Å²) in [6.07, 6.45) is 2.66. The SMILES string of the molecule is Cn1cnc2ccc(-c3ccc(C=O)cc3)cc21. The molecule has 3 nitrogen and oxygen atoms in total. The van der Waals surface area contributed by atoms with E-state index in [-0.39, 0.29) is 0 Å². The van der Waals surface area contributed by atoms with Gasteiger partial charge in [-0.1, -0.05) is 30.3 Å². The molecule has 0 aliphatic rings. The molecule has 0 amide bonds. The maximum atomic E-state index is 10.6. The van der Waals surface area contributed by atoms with Crippen molar-refractivity contribution in [2.75, 3.05) is 0 Å². The van der Waals surface area contributed by atoms with Crippen LogP contribution in [0, 0.1) is 0 Å². The lowest BCUT2D eigenvalue weighted by Crippen LogP contribution is -1.85. The van der Waals surface area contributed by atoms with E-state index in [0.717, 1.165) is 28.4 Å². The summed E-state index contributed by atoms with van der Waals surface area (Å²) >= 11 is 0. The Kier molecular flexibility index (Phi) is 2.45. The third-order valence-electron chi connectivity index (χ3n) is 3.11. The first-order valence-electron chi connectivity index (χ1n) is 5.74. The number of nitrogens with zero attached hydrogens (tertiary/aromatic N) is 2. The number of rotatable bonds is 2. The van der Waals surface area contributed by atoms with Crippen LogP contribution in [0.4, 0.5) is 0 Å². The number of aldehydes is 1. The van der Waals surface area contributed by atoms with Gasteiger partial charge in [0.05, 0.1) is 17.4 Å². The topological polar surface area (TPSA) is 34.9 Å². The number of fused-ring (bicyclic) bond motifs is 1. The van der Waals surface area contributed by atoms with Crippen LogP contribution in [0.1, 0.15) is 10.4 Å². The van der Waals surface area contributed by atoms with E-state index < -0.39 is 0 Å². The van der Waals surface area contributed by atoms with Crippen molar-refractivity contribution in [1.29, 1.82) is 0 Å². The normalized spacial score (nSPS) is 10.7. The summed E-state index contributed by atoms with van der Waals surface area (Å²) in [6.45, 7) is 0. The van der Waals surface area contributed by atoms with E-state index in [1.54, 1.807) is 0 Å². The van der Waals surface area contributed by atoms with Crippen molar-refractivity contribution < 1.29 is 4.79 Å². The molecule has 0 N–H and O–H groups in total. The number of aromatic nitrogens is 2. The molecule has 88 valence electrons. The van der Waals surface area contributed by atoms with Crippen LogP contribution in [0.3, 0.4) is 0 Å². The molecule has 0 radical (unpaired) electrons. The van der Waals surface area contributed by atoms with Crippen LogP contribution >= 0.6 is 0 Å². The molecule has 0 bridgehead atoms. The zero-order chi connectivity index (χ0) is 12.5. The van der Waals surface area contributed by atoms with Gasteiger partial charge >= 0.3 is 0 Å². The Hall–Kier alpha value is -2.42. The van der Waals surface area contributed by atoms with Crippen molar-refractivity contribution in [3.05, 3.63) is 54.4 Å². The fourth-order valence-electron chi connectivity index (χ4n) is 2.06. The number of hydrogen-bond donors (Lipinski definition) is 0. The van der Waals surface area contributed by atoms with Crippen LogP contribution in [0.5, 0.6) is 0 Å². The molecular formula is C15H12N2O. The predicted molar refractivity (Wildman–Crippen MR) is 71.5 cm³/mol. The molecule has 2 aromatic carbocycles. The highest BCUT2D eigenvalue weighted by Gasteiger charge is 2.03. The first kappa shape index (κ1) is 10.7. The highest BCUT2D eigenvalue weighted by Crippen LogP contribution is 2.23. The van der Waals surface area contributed by atoms with E-state index in [0.29, 0.717) is 5.56 Å². The zero-order valence-electron chi connectivity index (χ0n) is 10.00. The highest BCUT2D eigenvalue weighted by atomic mass is 16.1. The quantitative estimate of drug-likeness (QED) is 0.641. The second-order valence-corrected chi connectivity index (χ2v) is 4.30. The van der Waals surface area contributed by atoms with E-state index in [1.165, 1.54) is 0 Å². The van der Waals surface area contributed by atoms with Crippen molar-refractivity contribution in [3.63, 3.8) is 0 Å². The zero-order valence-corrected chi connectivity index (χ0v) is 10.00. The number of aryl methyl sites for hydroxylation is 1. The Morgan fingerprint density at radius 2 is 1.78 bits per heavy atom. The van der Waals surface area contributed by atoms with Crippen LogP contribution in [0.25, 0.3) is 22.2 Å². The molecule has 18 heavy (non-hydrogen) atoms. The van der Waals surface area contributed by atoms with Gasteiger partial charge < -0.3 is 4.57 Å². The molecule has 0 fully saturated rings. The molecule has 0 atom stereocenters. The van der Waals surface area contributed by atoms with Crippen molar-refractivity contribution in [3.8, 4) is 11.1 Å². The Labute approximate surface area is 105 Å². The Balaban J connectivity index is 2.12. The molecule has 0 unspecified atom stereocenters. The average molecular weight is 236 g/mol. The molecule has 0 spiro atoms. The van der Waals surface area contributed by atoms with Gasteiger partial charge in [0.2, 0.25) is 0 Å². The van der Waals surface area contributed by atoms with Gasteiger partial charge in [-0.15, -0.1) is 0 Å². The minimum atomic E-state index is 0.695. The van der Waals surface area contributed by atoms with E-state index in [2.05, 4.69) is 11.1 Å². The van der Waals surface area contributed by atoms with Gasteiger partial charge in [0.1, 0.15) is 6.29 Å². The fourth-order valence-corrected chi connectivity index (χ4v) is 2.06. The average Bonchev–Trinajstić information content (AvgIpc) is 2.80. The molecule has 3 rings (SSSR count). The van der Waals surface area contributed by atoms with Crippen LogP contribution in [0.2, 0.25) is 0 Å². The monoisotopic (exact) mass is 236 g/mol. The summed E-state index contributed by atoms with van der Waals surface area (Å²) in [5, 5.41) is 0. The minimum Gasteiger partial charge on any atom is -0.334 e. The predicted octanol–water partition coefficient (Wildman–Crippen LogP) is 3.05. The van der Waals surface area contributed by atoms with Gasteiger partial charge in [-0.3, -0.25) is 4.79 Å². The fraction of sp³-hybridized carbons (Fsp3) is 0.0667. The molecule has 0 aliphatic carbocycles. The van der Waals surface area contributed by atoms with E-state index in [4.69, 9.17) is 0 Å². The highest BCUT2D eigenvalue weighted by molar-refractivity contribution is 5.83. The van der Waals surface area contributed by atoms with Gasteiger partial charge in [-0.25, -0.2) is 4.98 Å². The second-order valence-electron chi connectivity index (χ2n) is 4.30. The molecular weight excluding hydrogens is 224 g/mol. The van der Waals surface area contributed by atoms with Gasteiger partial charge in [-0.05, 0) is 23.3 Å². The Morgan fingerprint density at radius 3 is 2.50 bits per heavy atom. The van der Waals surface area contributed by atoms with E-state index in [9.17, 15) is 4.79 Å². The number of imidazole rings is 1. The molecule has 0 saturated heterocycles. The van der Waals surface area contributed by atoms with Gasteiger partial charge in [-0.2, -0.15) is 0 Å². The second kappa shape index (κ2) is 4.11. The summed E-state index contributed by atoms with van der Waals surface area (Å²) in [5.41, 5.74) is 5.02. The number of benzene rings is 2. The molecule has 1 aromatic heterocycles. The molecule has 3 aromatic rings. The summed E-state index contributed by atoms with van der Waals surface area (Å²) in [5.74, 6) is 0. The van der Waals surface area contributed by atoms with Crippen LogP contribution in [0.15, 0.2) is 48.8 Å². The summed E-state index contributed by atoms with van der Waals surface area (Å²) in [7, 11) is 1.98. The first-order valence-corrected chi connectivity index (χ1v) is 5.74. The number of carbonyl (C=O) groups excluding carboxylic acids is 1. The number of hydrogen-bond acceptors (Lipinski definition) is 2. The maximum absolute atomic E-state index is 10.6. The Morgan fingerprint density at radius 1 is 1.06 bits per heavy atom. The smallest absolute Gasteiger partial charge is 0.150 e. The molecule has 3 heteroatoms. The van der Waals surface area contributed by atoms with E-state index in [1.807, 2.05) is 54.3 Å². The maximum Gasteiger partial charge on any atom is 0.150 e. The lowest BCUT2D eigenvalue weighted by Gasteiger charge is -2.03. The molecule has 0 saturated carbocycles. The van der Waals surface area contributed by atoms with Crippen molar-refractivity contribution in [1.82, 2.24) is 9.55 Å². The lowest BCUT2D eigenvalue weighted by atomic mass is 10.0. The molecule has 1 heterocycles. The van der Waals surface area contributed by atoms with Crippen molar-refractivity contribution >= 4 is 17.3 Å². The van der Waals surface area contributed by atoms with Gasteiger partial charge in [0.25, 0.3) is 0 Å². The van der Waals surface area contributed by atoms with Crippen LogP contribution in [-0.2, 0) is 7.05 Å². The third kappa shape index (κ3) is 1.70. The van der Waals surface area contributed by atoms with Crippen molar-refractivity contribution in [2.45, 2.75) is 0 Å². The van der Waals surface area contributed by atoms with Crippen LogP contribution in [-0.4, -0.2) is 15.8 Å². The van der Waals surface area contributed by atoms with Crippen molar-refractivity contribution in [2.24, 2.45) is 7.05 Å².